The average Bonchev–Trinajstić information content (AvgIpc) is 2.69. The molecule has 0 saturated carbocycles. The first-order chi connectivity index (χ1) is 12.7. The molecule has 1 aromatic carbocycles. The second-order valence-electron chi connectivity index (χ2n) is 6.44. The molecular weight excluding hydrogens is 332 g/mol. The number of para-hydroxylation sites is 1. The van der Waals surface area contributed by atoms with Gasteiger partial charge in [0, 0.05) is 24.5 Å². The SMILES string of the molecule is COc1cccc(C(c2cccnc2)N2CCCC(C(=O)O)C2)c1OC. The van der Waals surface area contributed by atoms with E-state index in [0.717, 1.165) is 24.1 Å². The van der Waals surface area contributed by atoms with E-state index in [1.165, 1.54) is 0 Å². The molecule has 1 N–H and O–H groups in total. The van der Waals surface area contributed by atoms with E-state index in [0.29, 0.717) is 24.5 Å². The summed E-state index contributed by atoms with van der Waals surface area (Å²) < 4.78 is 11.1. The van der Waals surface area contributed by atoms with E-state index in [4.69, 9.17) is 9.47 Å². The van der Waals surface area contributed by atoms with Gasteiger partial charge in [-0.1, -0.05) is 18.2 Å². The van der Waals surface area contributed by atoms with Gasteiger partial charge in [-0.05, 0) is 37.1 Å². The van der Waals surface area contributed by atoms with Crippen LogP contribution in [0.2, 0.25) is 0 Å². The third-order valence-electron chi connectivity index (χ3n) is 4.90. The van der Waals surface area contributed by atoms with Crippen LogP contribution in [0.4, 0.5) is 0 Å². The van der Waals surface area contributed by atoms with Crippen LogP contribution in [-0.4, -0.2) is 48.3 Å². The zero-order chi connectivity index (χ0) is 18.5. The molecule has 1 aliphatic heterocycles. The molecule has 26 heavy (non-hydrogen) atoms. The summed E-state index contributed by atoms with van der Waals surface area (Å²) in [5.41, 5.74) is 1.95. The summed E-state index contributed by atoms with van der Waals surface area (Å²) in [7, 11) is 3.24. The van der Waals surface area contributed by atoms with Crippen molar-refractivity contribution >= 4 is 5.97 Å². The maximum Gasteiger partial charge on any atom is 0.307 e. The third-order valence-corrected chi connectivity index (χ3v) is 4.90. The molecule has 2 heterocycles. The van der Waals surface area contributed by atoms with E-state index in [2.05, 4.69) is 9.88 Å². The van der Waals surface area contributed by atoms with Gasteiger partial charge in [0.15, 0.2) is 11.5 Å². The highest BCUT2D eigenvalue weighted by Gasteiger charge is 2.33. The molecule has 0 spiro atoms. The van der Waals surface area contributed by atoms with Crippen LogP contribution in [0.1, 0.15) is 30.0 Å². The summed E-state index contributed by atoms with van der Waals surface area (Å²) in [6, 6.07) is 9.56. The minimum absolute atomic E-state index is 0.143. The largest absolute Gasteiger partial charge is 0.493 e. The van der Waals surface area contributed by atoms with Gasteiger partial charge in [-0.15, -0.1) is 0 Å². The van der Waals surface area contributed by atoms with E-state index in [-0.39, 0.29) is 12.0 Å². The number of pyridine rings is 1. The Balaban J connectivity index is 2.07. The lowest BCUT2D eigenvalue weighted by Gasteiger charge is -2.38. The van der Waals surface area contributed by atoms with Gasteiger partial charge in [-0.3, -0.25) is 14.7 Å². The minimum Gasteiger partial charge on any atom is -0.493 e. The quantitative estimate of drug-likeness (QED) is 0.858. The topological polar surface area (TPSA) is 71.9 Å². The number of aromatic nitrogens is 1. The lowest BCUT2D eigenvalue weighted by Crippen LogP contribution is -2.41. The van der Waals surface area contributed by atoms with Crippen LogP contribution in [0.3, 0.4) is 0 Å². The molecule has 1 saturated heterocycles. The van der Waals surface area contributed by atoms with Gasteiger partial charge in [0.1, 0.15) is 0 Å². The molecule has 138 valence electrons. The lowest BCUT2D eigenvalue weighted by atomic mass is 9.91. The number of carbonyl (C=O) groups is 1. The summed E-state index contributed by atoms with van der Waals surface area (Å²) in [5.74, 6) is 0.226. The number of rotatable bonds is 6. The molecule has 2 atom stereocenters. The number of carboxylic acid groups (broad SMARTS) is 1. The van der Waals surface area contributed by atoms with Crippen LogP contribution in [0, 0.1) is 5.92 Å². The molecule has 6 heteroatoms. The van der Waals surface area contributed by atoms with Crippen molar-refractivity contribution in [1.29, 1.82) is 0 Å². The van der Waals surface area contributed by atoms with Crippen LogP contribution in [-0.2, 0) is 4.79 Å². The van der Waals surface area contributed by atoms with E-state index in [1.807, 2.05) is 36.5 Å². The standard InChI is InChI=1S/C20H24N2O4/c1-25-17-9-3-8-16(19(17)26-2)18(14-6-4-10-21-12-14)22-11-5-7-15(13-22)20(23)24/h3-4,6,8-10,12,15,18H,5,7,11,13H2,1-2H3,(H,23,24). The van der Waals surface area contributed by atoms with Gasteiger partial charge >= 0.3 is 5.97 Å². The summed E-state index contributed by atoms with van der Waals surface area (Å²) in [6.45, 7) is 1.32. The van der Waals surface area contributed by atoms with Crippen molar-refractivity contribution < 1.29 is 19.4 Å². The molecule has 6 nitrogen and oxygen atoms in total. The van der Waals surface area contributed by atoms with Crippen LogP contribution >= 0.6 is 0 Å². The fraction of sp³-hybridized carbons (Fsp3) is 0.400. The van der Waals surface area contributed by atoms with Crippen LogP contribution in [0.25, 0.3) is 0 Å². The number of aliphatic carboxylic acids is 1. The molecule has 2 aromatic rings. The van der Waals surface area contributed by atoms with Crippen LogP contribution < -0.4 is 9.47 Å². The molecule has 1 aromatic heterocycles. The molecule has 0 bridgehead atoms. The maximum atomic E-state index is 11.5. The average molecular weight is 356 g/mol. The highest BCUT2D eigenvalue weighted by molar-refractivity contribution is 5.70. The van der Waals surface area contributed by atoms with E-state index < -0.39 is 5.97 Å². The zero-order valence-corrected chi connectivity index (χ0v) is 15.1. The van der Waals surface area contributed by atoms with Gasteiger partial charge in [0.05, 0.1) is 26.2 Å². The highest BCUT2D eigenvalue weighted by Crippen LogP contribution is 2.41. The summed E-state index contributed by atoms with van der Waals surface area (Å²) >= 11 is 0. The number of nitrogens with zero attached hydrogens (tertiary/aromatic N) is 2. The first kappa shape index (κ1) is 18.2. The van der Waals surface area contributed by atoms with Gasteiger partial charge in [0.25, 0.3) is 0 Å². The minimum atomic E-state index is -0.739. The Labute approximate surface area is 153 Å². The molecule has 1 aliphatic rings. The second kappa shape index (κ2) is 8.19. The van der Waals surface area contributed by atoms with Crippen molar-refractivity contribution in [3.63, 3.8) is 0 Å². The Morgan fingerprint density at radius 2 is 2.12 bits per heavy atom. The lowest BCUT2D eigenvalue weighted by molar-refractivity contribution is -0.143. The molecular formula is C20H24N2O4. The maximum absolute atomic E-state index is 11.5. The zero-order valence-electron chi connectivity index (χ0n) is 15.1. The predicted molar refractivity (Wildman–Crippen MR) is 97.6 cm³/mol. The number of benzene rings is 1. The molecule has 2 unspecified atom stereocenters. The summed E-state index contributed by atoms with van der Waals surface area (Å²) in [6.07, 6.45) is 5.12. The Kier molecular flexibility index (Phi) is 5.73. The van der Waals surface area contributed by atoms with Gasteiger partial charge in [0.2, 0.25) is 0 Å². The fourth-order valence-electron chi connectivity index (χ4n) is 3.69. The van der Waals surface area contributed by atoms with Crippen molar-refractivity contribution in [1.82, 2.24) is 9.88 Å². The van der Waals surface area contributed by atoms with Crippen molar-refractivity contribution in [2.75, 3.05) is 27.3 Å². The number of carboxylic acids is 1. The molecule has 0 aliphatic carbocycles. The second-order valence-corrected chi connectivity index (χ2v) is 6.44. The van der Waals surface area contributed by atoms with Crippen molar-refractivity contribution in [2.24, 2.45) is 5.92 Å². The highest BCUT2D eigenvalue weighted by atomic mass is 16.5. The fourth-order valence-corrected chi connectivity index (χ4v) is 3.69. The van der Waals surface area contributed by atoms with Gasteiger partial charge in [-0.25, -0.2) is 0 Å². The summed E-state index contributed by atoms with van der Waals surface area (Å²) in [4.78, 5) is 18.0. The molecule has 0 radical (unpaired) electrons. The monoisotopic (exact) mass is 356 g/mol. The van der Waals surface area contributed by atoms with Crippen LogP contribution in [0.5, 0.6) is 11.5 Å². The van der Waals surface area contributed by atoms with Crippen molar-refractivity contribution in [2.45, 2.75) is 18.9 Å². The Hall–Kier alpha value is -2.60. The smallest absolute Gasteiger partial charge is 0.307 e. The first-order valence-corrected chi connectivity index (χ1v) is 8.73. The van der Waals surface area contributed by atoms with Crippen molar-refractivity contribution in [3.05, 3.63) is 53.9 Å². The molecule has 1 fully saturated rings. The summed E-state index contributed by atoms with van der Waals surface area (Å²) in [5, 5.41) is 9.48. The number of likely N-dealkylation sites (tertiary alicyclic amines) is 1. The third kappa shape index (κ3) is 3.65. The Morgan fingerprint density at radius 1 is 1.27 bits per heavy atom. The Morgan fingerprint density at radius 3 is 2.77 bits per heavy atom. The van der Waals surface area contributed by atoms with E-state index >= 15 is 0 Å². The Bertz CT molecular complexity index is 751. The molecule has 0 amide bonds. The van der Waals surface area contributed by atoms with Gasteiger partial charge < -0.3 is 14.6 Å². The predicted octanol–water partition coefficient (Wildman–Crippen LogP) is 2.98. The van der Waals surface area contributed by atoms with Crippen molar-refractivity contribution in [3.8, 4) is 11.5 Å². The first-order valence-electron chi connectivity index (χ1n) is 8.73. The van der Waals surface area contributed by atoms with E-state index in [1.54, 1.807) is 20.4 Å². The number of methoxy groups -OCH3 is 2. The van der Waals surface area contributed by atoms with Crippen LogP contribution in [0.15, 0.2) is 42.7 Å². The number of ether oxygens (including phenoxy) is 2. The van der Waals surface area contributed by atoms with Gasteiger partial charge in [-0.2, -0.15) is 0 Å². The number of piperidine rings is 1. The number of hydrogen-bond acceptors (Lipinski definition) is 5. The number of hydrogen-bond donors (Lipinski definition) is 1. The normalized spacial score (nSPS) is 18.9. The molecule has 3 rings (SSSR count). The van der Waals surface area contributed by atoms with E-state index in [9.17, 15) is 9.90 Å².